The van der Waals surface area contributed by atoms with Gasteiger partial charge in [-0.05, 0) is 34.4 Å². The molecular formula is C20H28N8O. The number of rotatable bonds is 7. The van der Waals surface area contributed by atoms with Crippen LogP contribution < -0.4 is 4.74 Å². The first-order chi connectivity index (χ1) is 14.0. The van der Waals surface area contributed by atoms with E-state index in [9.17, 15) is 0 Å². The maximum absolute atomic E-state index is 6.28. The van der Waals surface area contributed by atoms with E-state index >= 15 is 0 Å². The van der Waals surface area contributed by atoms with Crippen molar-refractivity contribution in [1.82, 2.24) is 39.3 Å². The van der Waals surface area contributed by atoms with E-state index in [1.54, 1.807) is 18.7 Å². The van der Waals surface area contributed by atoms with Crippen LogP contribution >= 0.6 is 0 Å². The van der Waals surface area contributed by atoms with Crippen molar-refractivity contribution < 1.29 is 4.74 Å². The van der Waals surface area contributed by atoms with Crippen molar-refractivity contribution >= 4 is 11.2 Å². The molecule has 0 amide bonds. The number of aryl methyl sites for hydroxylation is 2. The quantitative estimate of drug-likeness (QED) is 0.596. The highest BCUT2D eigenvalue weighted by Gasteiger charge is 2.26. The van der Waals surface area contributed by atoms with Crippen molar-refractivity contribution in [3.8, 4) is 17.3 Å². The molecular weight excluding hydrogens is 368 g/mol. The average Bonchev–Trinajstić information content (AvgIpc) is 3.31. The Morgan fingerprint density at radius 1 is 1.17 bits per heavy atom. The van der Waals surface area contributed by atoms with Gasteiger partial charge in [0, 0.05) is 45.1 Å². The number of hydrogen-bond donors (Lipinski definition) is 0. The molecule has 1 aliphatic rings. The molecule has 1 aliphatic heterocycles. The molecule has 4 heterocycles. The van der Waals surface area contributed by atoms with Gasteiger partial charge in [-0.15, -0.1) is 0 Å². The van der Waals surface area contributed by atoms with Crippen molar-refractivity contribution in [1.29, 1.82) is 0 Å². The standard InChI is InChI=1S/C20H28N8O/c1-5-28-18(15-10-21-14(2)22-11-15)25-17-19(28)23-13-24-20(17)29-16-6-7-27(12-16)9-8-26(3)4/h10-11,13,16H,5-9,12H2,1-4H3. The van der Waals surface area contributed by atoms with Gasteiger partial charge in [-0.3, -0.25) is 4.90 Å². The lowest BCUT2D eigenvalue weighted by Crippen LogP contribution is -2.31. The molecule has 0 N–H and O–H groups in total. The number of ether oxygens (including phenoxy) is 1. The van der Waals surface area contributed by atoms with Crippen molar-refractivity contribution in [2.45, 2.75) is 32.9 Å². The minimum absolute atomic E-state index is 0.119. The van der Waals surface area contributed by atoms with Gasteiger partial charge in [0.05, 0.1) is 5.56 Å². The van der Waals surface area contributed by atoms with Crippen LogP contribution in [0.2, 0.25) is 0 Å². The first-order valence-corrected chi connectivity index (χ1v) is 10.1. The van der Waals surface area contributed by atoms with Crippen molar-refractivity contribution in [3.63, 3.8) is 0 Å². The topological polar surface area (TPSA) is 85.1 Å². The van der Waals surface area contributed by atoms with Crippen LogP contribution in [0.25, 0.3) is 22.6 Å². The zero-order valence-electron chi connectivity index (χ0n) is 17.5. The van der Waals surface area contributed by atoms with Crippen LogP contribution in [0, 0.1) is 6.92 Å². The molecule has 3 aromatic rings. The predicted octanol–water partition coefficient (Wildman–Crippen LogP) is 1.63. The zero-order valence-corrected chi connectivity index (χ0v) is 17.5. The van der Waals surface area contributed by atoms with Crippen LogP contribution in [0.4, 0.5) is 0 Å². The average molecular weight is 396 g/mol. The van der Waals surface area contributed by atoms with Crippen molar-refractivity contribution in [3.05, 3.63) is 24.5 Å². The molecule has 9 heteroatoms. The minimum Gasteiger partial charge on any atom is -0.471 e. The summed E-state index contributed by atoms with van der Waals surface area (Å²) in [4.78, 5) is 26.9. The van der Waals surface area contributed by atoms with Gasteiger partial charge in [-0.1, -0.05) is 0 Å². The van der Waals surface area contributed by atoms with E-state index in [0.717, 1.165) is 62.0 Å². The van der Waals surface area contributed by atoms with E-state index in [1.165, 1.54) is 0 Å². The maximum Gasteiger partial charge on any atom is 0.245 e. The van der Waals surface area contributed by atoms with Gasteiger partial charge >= 0.3 is 0 Å². The number of fused-ring (bicyclic) bond motifs is 1. The molecule has 3 aromatic heterocycles. The molecule has 154 valence electrons. The fourth-order valence-electron chi connectivity index (χ4n) is 3.63. The minimum atomic E-state index is 0.119. The van der Waals surface area contributed by atoms with Gasteiger partial charge in [0.25, 0.3) is 0 Å². The molecule has 29 heavy (non-hydrogen) atoms. The highest BCUT2D eigenvalue weighted by atomic mass is 16.5. The third kappa shape index (κ3) is 4.20. The number of imidazole rings is 1. The highest BCUT2D eigenvalue weighted by molar-refractivity contribution is 5.81. The number of likely N-dealkylation sites (N-methyl/N-ethyl adjacent to an activating group) is 1. The molecule has 0 saturated carbocycles. The summed E-state index contributed by atoms with van der Waals surface area (Å²) in [6.45, 7) is 8.73. The fraction of sp³-hybridized carbons (Fsp3) is 0.550. The van der Waals surface area contributed by atoms with Gasteiger partial charge in [-0.2, -0.15) is 4.98 Å². The summed E-state index contributed by atoms with van der Waals surface area (Å²) in [5.41, 5.74) is 2.32. The van der Waals surface area contributed by atoms with Crippen LogP contribution in [-0.4, -0.2) is 85.7 Å². The van der Waals surface area contributed by atoms with Gasteiger partial charge in [0.2, 0.25) is 5.88 Å². The van der Waals surface area contributed by atoms with Crippen LogP contribution in [0.3, 0.4) is 0 Å². The number of hydrogen-bond acceptors (Lipinski definition) is 8. The highest BCUT2D eigenvalue weighted by Crippen LogP contribution is 2.28. The Bertz CT molecular complexity index is 969. The Morgan fingerprint density at radius 2 is 1.97 bits per heavy atom. The van der Waals surface area contributed by atoms with Gasteiger partial charge < -0.3 is 14.2 Å². The molecule has 1 unspecified atom stereocenters. The summed E-state index contributed by atoms with van der Waals surface area (Å²) in [6, 6.07) is 0. The normalized spacial score (nSPS) is 17.5. The maximum atomic E-state index is 6.28. The molecule has 0 aliphatic carbocycles. The second-order valence-corrected chi connectivity index (χ2v) is 7.68. The van der Waals surface area contributed by atoms with Crippen molar-refractivity contribution in [2.24, 2.45) is 0 Å². The summed E-state index contributed by atoms with van der Waals surface area (Å²) < 4.78 is 8.33. The van der Waals surface area contributed by atoms with E-state index in [4.69, 9.17) is 9.72 Å². The first kappa shape index (κ1) is 19.7. The van der Waals surface area contributed by atoms with Gasteiger partial charge in [0.1, 0.15) is 24.1 Å². The van der Waals surface area contributed by atoms with Gasteiger partial charge in [0.15, 0.2) is 11.2 Å². The van der Waals surface area contributed by atoms with Crippen molar-refractivity contribution in [2.75, 3.05) is 40.3 Å². The number of nitrogens with zero attached hydrogens (tertiary/aromatic N) is 8. The molecule has 0 bridgehead atoms. The van der Waals surface area contributed by atoms with E-state index in [0.29, 0.717) is 11.4 Å². The van der Waals surface area contributed by atoms with Crippen LogP contribution in [0.15, 0.2) is 18.7 Å². The summed E-state index contributed by atoms with van der Waals surface area (Å²) in [6.07, 6.45) is 6.26. The van der Waals surface area contributed by atoms with E-state index in [-0.39, 0.29) is 6.10 Å². The smallest absolute Gasteiger partial charge is 0.245 e. The molecule has 9 nitrogen and oxygen atoms in total. The summed E-state index contributed by atoms with van der Waals surface area (Å²) in [5, 5.41) is 0. The Labute approximate surface area is 170 Å². The van der Waals surface area contributed by atoms with E-state index < -0.39 is 0 Å². The lowest BCUT2D eigenvalue weighted by Gasteiger charge is -2.18. The number of aromatic nitrogens is 6. The largest absolute Gasteiger partial charge is 0.471 e. The zero-order chi connectivity index (χ0) is 20.4. The third-order valence-corrected chi connectivity index (χ3v) is 5.22. The molecule has 0 aromatic carbocycles. The lowest BCUT2D eigenvalue weighted by atomic mass is 10.3. The lowest BCUT2D eigenvalue weighted by molar-refractivity contribution is 0.190. The van der Waals surface area contributed by atoms with E-state index in [2.05, 4.69) is 55.3 Å². The SMILES string of the molecule is CCn1c(-c2cnc(C)nc2)nc2c(OC3CCN(CCN(C)C)C3)ncnc21. The second-order valence-electron chi connectivity index (χ2n) is 7.68. The Hall–Kier alpha value is -2.65. The molecule has 4 rings (SSSR count). The Balaban J connectivity index is 1.59. The summed E-state index contributed by atoms with van der Waals surface area (Å²) in [5.74, 6) is 2.07. The monoisotopic (exact) mass is 396 g/mol. The Kier molecular flexibility index (Phi) is 5.68. The molecule has 1 saturated heterocycles. The summed E-state index contributed by atoms with van der Waals surface area (Å²) in [7, 11) is 4.20. The molecule has 0 spiro atoms. The third-order valence-electron chi connectivity index (χ3n) is 5.22. The predicted molar refractivity (Wildman–Crippen MR) is 111 cm³/mol. The fourth-order valence-corrected chi connectivity index (χ4v) is 3.63. The van der Waals surface area contributed by atoms with Crippen LogP contribution in [-0.2, 0) is 6.54 Å². The Morgan fingerprint density at radius 3 is 2.69 bits per heavy atom. The molecule has 1 fully saturated rings. The second kappa shape index (κ2) is 8.38. The van der Waals surface area contributed by atoms with Crippen LogP contribution in [0.5, 0.6) is 5.88 Å². The summed E-state index contributed by atoms with van der Waals surface area (Å²) >= 11 is 0. The molecule has 0 radical (unpaired) electrons. The molecule has 1 atom stereocenters. The van der Waals surface area contributed by atoms with Gasteiger partial charge in [-0.25, -0.2) is 19.9 Å². The van der Waals surface area contributed by atoms with Crippen LogP contribution in [0.1, 0.15) is 19.2 Å². The first-order valence-electron chi connectivity index (χ1n) is 10.1. The number of likely N-dealkylation sites (tertiary alicyclic amines) is 1. The van der Waals surface area contributed by atoms with E-state index in [1.807, 2.05) is 6.92 Å².